The number of hydrogen-bond donors (Lipinski definition) is 1. The molecule has 0 saturated heterocycles. The average molecular weight is 266 g/mol. The maximum atomic E-state index is 11.5. The lowest BCUT2D eigenvalue weighted by Crippen LogP contribution is -2.42. The molecule has 1 fully saturated rings. The number of esters is 1. The Morgan fingerprint density at radius 3 is 2.67 bits per heavy atom. The second-order valence-electron chi connectivity index (χ2n) is 4.65. The molecule has 1 aliphatic rings. The largest absolute Gasteiger partial charge is 0.463 e. The van der Waals surface area contributed by atoms with E-state index in [9.17, 15) is 9.90 Å². The fourth-order valence-electron chi connectivity index (χ4n) is 1.79. The topological polar surface area (TPSA) is 46.5 Å². The minimum atomic E-state index is -0.734. The highest BCUT2D eigenvalue weighted by atomic mass is 32.2. The van der Waals surface area contributed by atoms with Crippen molar-refractivity contribution < 1.29 is 14.6 Å². The number of aliphatic hydroxyl groups is 1. The van der Waals surface area contributed by atoms with Crippen molar-refractivity contribution in [3.8, 4) is 0 Å². The molecule has 0 unspecified atom stereocenters. The van der Waals surface area contributed by atoms with Crippen LogP contribution in [0, 0.1) is 0 Å². The molecule has 0 aliphatic heterocycles. The van der Waals surface area contributed by atoms with Crippen LogP contribution in [0.15, 0.2) is 35.2 Å². The van der Waals surface area contributed by atoms with E-state index in [4.69, 9.17) is 4.74 Å². The van der Waals surface area contributed by atoms with Crippen LogP contribution >= 0.6 is 11.8 Å². The van der Waals surface area contributed by atoms with Gasteiger partial charge in [0.05, 0.1) is 12.0 Å². The molecule has 2 rings (SSSR count). The van der Waals surface area contributed by atoms with E-state index >= 15 is 0 Å². The highest BCUT2D eigenvalue weighted by Gasteiger charge is 2.35. The molecule has 0 bridgehead atoms. The number of rotatable bonds is 6. The summed E-state index contributed by atoms with van der Waals surface area (Å²) in [5.41, 5.74) is -0.734. The van der Waals surface area contributed by atoms with Crippen LogP contribution in [0.3, 0.4) is 0 Å². The van der Waals surface area contributed by atoms with Crippen LogP contribution in [0.4, 0.5) is 0 Å². The summed E-state index contributed by atoms with van der Waals surface area (Å²) in [6, 6.07) is 9.97. The molecule has 0 spiro atoms. The average Bonchev–Trinajstić information content (AvgIpc) is 2.35. The van der Waals surface area contributed by atoms with Crippen molar-refractivity contribution in [2.24, 2.45) is 0 Å². The van der Waals surface area contributed by atoms with Crippen LogP contribution in [-0.4, -0.2) is 29.0 Å². The van der Waals surface area contributed by atoms with Crippen molar-refractivity contribution in [1.82, 2.24) is 0 Å². The van der Waals surface area contributed by atoms with Crippen molar-refractivity contribution in [1.29, 1.82) is 0 Å². The summed E-state index contributed by atoms with van der Waals surface area (Å²) in [6.45, 7) is 0.155. The Morgan fingerprint density at radius 2 is 2.06 bits per heavy atom. The highest BCUT2D eigenvalue weighted by molar-refractivity contribution is 7.99. The van der Waals surface area contributed by atoms with Gasteiger partial charge in [0.15, 0.2) is 0 Å². The lowest BCUT2D eigenvalue weighted by molar-refractivity contribution is -0.156. The molecule has 1 aromatic rings. The number of carbonyl (C=O) groups is 1. The zero-order chi connectivity index (χ0) is 12.8. The Morgan fingerprint density at radius 1 is 1.33 bits per heavy atom. The lowest BCUT2D eigenvalue weighted by atomic mass is 9.81. The molecular formula is C14H18O3S. The second-order valence-corrected chi connectivity index (χ2v) is 5.82. The van der Waals surface area contributed by atoms with Gasteiger partial charge < -0.3 is 9.84 Å². The van der Waals surface area contributed by atoms with Gasteiger partial charge in [-0.1, -0.05) is 18.2 Å². The Balaban J connectivity index is 1.60. The second kappa shape index (κ2) is 6.25. The normalized spacial score (nSPS) is 16.9. The molecule has 3 nitrogen and oxygen atoms in total. The van der Waals surface area contributed by atoms with Gasteiger partial charge in [0, 0.05) is 10.6 Å². The van der Waals surface area contributed by atoms with Crippen molar-refractivity contribution >= 4 is 17.7 Å². The monoisotopic (exact) mass is 266 g/mol. The minimum Gasteiger partial charge on any atom is -0.463 e. The van der Waals surface area contributed by atoms with Crippen LogP contribution in [0.5, 0.6) is 0 Å². The number of hydrogen-bond acceptors (Lipinski definition) is 4. The van der Waals surface area contributed by atoms with Crippen molar-refractivity contribution in [3.05, 3.63) is 30.3 Å². The molecular weight excluding hydrogens is 248 g/mol. The summed E-state index contributed by atoms with van der Waals surface area (Å²) in [4.78, 5) is 12.6. The van der Waals surface area contributed by atoms with E-state index in [-0.39, 0.29) is 12.6 Å². The Labute approximate surface area is 112 Å². The third-order valence-corrected chi connectivity index (χ3v) is 4.12. The highest BCUT2D eigenvalue weighted by Crippen LogP contribution is 2.31. The Bertz CT molecular complexity index is 387. The van der Waals surface area contributed by atoms with Crippen LogP contribution in [0.25, 0.3) is 0 Å². The fraction of sp³-hybridized carbons (Fsp3) is 0.500. The number of benzene rings is 1. The zero-order valence-electron chi connectivity index (χ0n) is 10.3. The van der Waals surface area contributed by atoms with E-state index in [0.29, 0.717) is 12.2 Å². The first-order valence-corrected chi connectivity index (χ1v) is 7.22. The molecule has 0 amide bonds. The van der Waals surface area contributed by atoms with Crippen LogP contribution in [-0.2, 0) is 9.53 Å². The smallest absolute Gasteiger partial charge is 0.306 e. The van der Waals surface area contributed by atoms with Gasteiger partial charge in [-0.15, -0.1) is 11.8 Å². The molecule has 0 aromatic heterocycles. The summed E-state index contributed by atoms with van der Waals surface area (Å²) >= 11 is 1.64. The van der Waals surface area contributed by atoms with Crippen molar-refractivity contribution in [3.63, 3.8) is 0 Å². The SMILES string of the molecule is O=C(CCSc1ccccc1)OCC1(O)CCC1. The van der Waals surface area contributed by atoms with Crippen LogP contribution < -0.4 is 0 Å². The fourth-order valence-corrected chi connectivity index (χ4v) is 2.64. The van der Waals surface area contributed by atoms with Crippen LogP contribution in [0.1, 0.15) is 25.7 Å². The number of carbonyl (C=O) groups excluding carboxylic acids is 1. The predicted molar refractivity (Wildman–Crippen MR) is 71.5 cm³/mol. The first-order chi connectivity index (χ1) is 8.68. The number of thioether (sulfide) groups is 1. The quantitative estimate of drug-likeness (QED) is 0.635. The maximum Gasteiger partial charge on any atom is 0.306 e. The molecule has 18 heavy (non-hydrogen) atoms. The third-order valence-electron chi connectivity index (χ3n) is 3.10. The molecule has 1 N–H and O–H groups in total. The van der Waals surface area contributed by atoms with E-state index in [1.165, 1.54) is 0 Å². The van der Waals surface area contributed by atoms with Gasteiger partial charge in [0.1, 0.15) is 6.61 Å². The Kier molecular flexibility index (Phi) is 4.66. The summed E-state index contributed by atoms with van der Waals surface area (Å²) in [5, 5.41) is 9.78. The molecule has 4 heteroatoms. The molecule has 98 valence electrons. The molecule has 0 radical (unpaired) electrons. The lowest BCUT2D eigenvalue weighted by Gasteiger charge is -2.35. The van der Waals surface area contributed by atoms with Gasteiger partial charge in [-0.3, -0.25) is 4.79 Å². The van der Waals surface area contributed by atoms with Gasteiger partial charge >= 0.3 is 5.97 Å². The van der Waals surface area contributed by atoms with Gasteiger partial charge in [-0.05, 0) is 31.4 Å². The predicted octanol–water partition coefficient (Wildman–Crippen LogP) is 2.63. The zero-order valence-corrected chi connectivity index (χ0v) is 11.1. The Hall–Kier alpha value is -1.00. The van der Waals surface area contributed by atoms with Crippen molar-refractivity contribution in [2.75, 3.05) is 12.4 Å². The minimum absolute atomic E-state index is 0.155. The van der Waals surface area contributed by atoms with E-state index in [2.05, 4.69) is 0 Å². The molecule has 0 heterocycles. The number of ether oxygens (including phenoxy) is 1. The van der Waals surface area contributed by atoms with Gasteiger partial charge in [-0.2, -0.15) is 0 Å². The molecule has 0 atom stereocenters. The summed E-state index contributed by atoms with van der Waals surface area (Å²) in [5.74, 6) is 0.486. The molecule has 1 saturated carbocycles. The summed E-state index contributed by atoms with van der Waals surface area (Å²) in [6.07, 6.45) is 2.91. The first-order valence-electron chi connectivity index (χ1n) is 6.24. The van der Waals surface area contributed by atoms with Crippen molar-refractivity contribution in [2.45, 2.75) is 36.2 Å². The molecule has 1 aliphatic carbocycles. The van der Waals surface area contributed by atoms with Gasteiger partial charge in [0.2, 0.25) is 0 Å². The van der Waals surface area contributed by atoms with Gasteiger partial charge in [0.25, 0.3) is 0 Å². The van der Waals surface area contributed by atoms with Crippen LogP contribution in [0.2, 0.25) is 0 Å². The maximum absolute atomic E-state index is 11.5. The van der Waals surface area contributed by atoms with E-state index in [1.54, 1.807) is 11.8 Å². The van der Waals surface area contributed by atoms with E-state index in [0.717, 1.165) is 24.2 Å². The van der Waals surface area contributed by atoms with Gasteiger partial charge in [-0.25, -0.2) is 0 Å². The summed E-state index contributed by atoms with van der Waals surface area (Å²) in [7, 11) is 0. The summed E-state index contributed by atoms with van der Waals surface area (Å²) < 4.78 is 5.08. The third kappa shape index (κ3) is 4.03. The van der Waals surface area contributed by atoms with E-state index in [1.807, 2.05) is 30.3 Å². The standard InChI is InChI=1S/C14H18O3S/c15-13(17-11-14(16)8-4-9-14)7-10-18-12-5-2-1-3-6-12/h1-3,5-6,16H,4,7-11H2. The first kappa shape index (κ1) is 13.4. The molecule has 1 aromatic carbocycles. The van der Waals surface area contributed by atoms with E-state index < -0.39 is 5.60 Å².